The summed E-state index contributed by atoms with van der Waals surface area (Å²) in [5, 5.41) is 10.2. The highest BCUT2D eigenvalue weighted by Crippen LogP contribution is 2.44. The molecule has 1 atom stereocenters. The van der Waals surface area contributed by atoms with E-state index in [1.54, 1.807) is 0 Å². The number of piperazine rings is 1. The zero-order chi connectivity index (χ0) is 30.8. The van der Waals surface area contributed by atoms with Gasteiger partial charge in [0.15, 0.2) is 0 Å². The highest BCUT2D eigenvalue weighted by atomic mass is 16.5. The van der Waals surface area contributed by atoms with Crippen LogP contribution in [0.25, 0.3) is 22.2 Å². The zero-order valence-corrected chi connectivity index (χ0v) is 26.1. The monoisotopic (exact) mass is 593 g/mol. The van der Waals surface area contributed by atoms with Crippen LogP contribution in [0.5, 0.6) is 5.75 Å². The Hall–Kier alpha value is -4.94. The molecule has 4 aromatic carbocycles. The van der Waals surface area contributed by atoms with Crippen LogP contribution in [0.1, 0.15) is 37.5 Å². The third kappa shape index (κ3) is 5.36. The number of nitrogens with zero attached hydrogens (tertiary/aromatic N) is 4. The van der Waals surface area contributed by atoms with Gasteiger partial charge in [-0.15, -0.1) is 0 Å². The maximum Gasteiger partial charge on any atom is 0.138 e. The summed E-state index contributed by atoms with van der Waals surface area (Å²) < 4.78 is 8.45. The SMILES string of the molecule is CC1CN(c2cc(-c3nn(C(c4ccccc4)(c4ccccc4)c4ccccc4)c4ccc(OC(C)C)cc34)ccn2)CCN1. The van der Waals surface area contributed by atoms with Crippen molar-refractivity contribution in [1.82, 2.24) is 20.1 Å². The summed E-state index contributed by atoms with van der Waals surface area (Å²) in [6.07, 6.45) is 1.97. The molecule has 226 valence electrons. The molecule has 1 fully saturated rings. The lowest BCUT2D eigenvalue weighted by Gasteiger charge is -2.37. The van der Waals surface area contributed by atoms with Crippen LogP contribution in [0.3, 0.4) is 0 Å². The average molecular weight is 594 g/mol. The lowest BCUT2D eigenvalue weighted by atomic mass is 9.77. The van der Waals surface area contributed by atoms with E-state index in [1.807, 2.05) is 6.20 Å². The molecule has 1 N–H and O–H groups in total. The minimum Gasteiger partial charge on any atom is -0.491 e. The number of rotatable bonds is 8. The van der Waals surface area contributed by atoms with E-state index >= 15 is 0 Å². The Morgan fingerprint density at radius 1 is 0.800 bits per heavy atom. The minimum atomic E-state index is -0.746. The van der Waals surface area contributed by atoms with Crippen LogP contribution in [-0.2, 0) is 5.54 Å². The Kier molecular flexibility index (Phi) is 7.82. The van der Waals surface area contributed by atoms with Crippen LogP contribution >= 0.6 is 0 Å². The van der Waals surface area contributed by atoms with Gasteiger partial charge in [-0.25, -0.2) is 9.67 Å². The number of hydrogen-bond acceptors (Lipinski definition) is 5. The summed E-state index contributed by atoms with van der Waals surface area (Å²) in [5.41, 5.74) is 5.60. The molecule has 0 amide bonds. The van der Waals surface area contributed by atoms with Crippen molar-refractivity contribution in [3.05, 3.63) is 144 Å². The molecule has 6 heteroatoms. The Morgan fingerprint density at radius 3 is 2.00 bits per heavy atom. The van der Waals surface area contributed by atoms with E-state index in [1.165, 1.54) is 0 Å². The van der Waals surface area contributed by atoms with Gasteiger partial charge in [-0.2, -0.15) is 5.10 Å². The van der Waals surface area contributed by atoms with E-state index in [2.05, 4.69) is 157 Å². The van der Waals surface area contributed by atoms with Gasteiger partial charge in [-0.3, -0.25) is 0 Å². The second-order valence-electron chi connectivity index (χ2n) is 12.1. The van der Waals surface area contributed by atoms with Crippen LogP contribution in [0.4, 0.5) is 5.82 Å². The normalized spacial score (nSPS) is 15.5. The summed E-state index contributed by atoms with van der Waals surface area (Å²) in [6, 6.07) is 43.2. The molecule has 0 bridgehead atoms. The molecule has 6 aromatic rings. The Morgan fingerprint density at radius 2 is 1.42 bits per heavy atom. The van der Waals surface area contributed by atoms with Gasteiger partial charge in [0.05, 0.1) is 11.6 Å². The molecule has 1 unspecified atom stereocenters. The minimum absolute atomic E-state index is 0.0558. The van der Waals surface area contributed by atoms with Gasteiger partial charge in [0, 0.05) is 42.8 Å². The van der Waals surface area contributed by atoms with Crippen molar-refractivity contribution in [3.8, 4) is 17.0 Å². The Balaban J connectivity index is 1.53. The summed E-state index contributed by atoms with van der Waals surface area (Å²) in [7, 11) is 0. The third-order valence-electron chi connectivity index (χ3n) is 8.63. The maximum atomic E-state index is 6.23. The number of nitrogens with one attached hydrogen (secondary N) is 1. The topological polar surface area (TPSA) is 55.2 Å². The molecule has 7 rings (SSSR count). The van der Waals surface area contributed by atoms with Crippen LogP contribution in [-0.4, -0.2) is 46.5 Å². The Labute approximate surface area is 265 Å². The first-order chi connectivity index (χ1) is 22.0. The number of hydrogen-bond donors (Lipinski definition) is 1. The van der Waals surface area contributed by atoms with Crippen LogP contribution in [0, 0.1) is 0 Å². The van der Waals surface area contributed by atoms with Crippen molar-refractivity contribution < 1.29 is 4.74 Å². The summed E-state index contributed by atoms with van der Waals surface area (Å²) in [5.74, 6) is 1.80. The van der Waals surface area contributed by atoms with E-state index in [0.717, 1.165) is 70.1 Å². The first-order valence-electron chi connectivity index (χ1n) is 15.9. The van der Waals surface area contributed by atoms with E-state index in [-0.39, 0.29) is 6.10 Å². The van der Waals surface area contributed by atoms with Gasteiger partial charge in [-0.05, 0) is 67.8 Å². The molecule has 1 saturated heterocycles. The van der Waals surface area contributed by atoms with Crippen molar-refractivity contribution >= 4 is 16.7 Å². The van der Waals surface area contributed by atoms with Gasteiger partial charge in [0.25, 0.3) is 0 Å². The smallest absolute Gasteiger partial charge is 0.138 e. The number of fused-ring (bicyclic) bond motifs is 1. The molecular weight excluding hydrogens is 554 g/mol. The van der Waals surface area contributed by atoms with Crippen LogP contribution < -0.4 is 15.0 Å². The van der Waals surface area contributed by atoms with Gasteiger partial charge < -0.3 is 15.0 Å². The fourth-order valence-electron chi connectivity index (χ4n) is 6.70. The summed E-state index contributed by atoms with van der Waals surface area (Å²) in [6.45, 7) is 9.11. The largest absolute Gasteiger partial charge is 0.491 e. The number of ether oxygens (including phenoxy) is 1. The fourth-order valence-corrected chi connectivity index (χ4v) is 6.70. The van der Waals surface area contributed by atoms with Crippen molar-refractivity contribution in [1.29, 1.82) is 0 Å². The Bertz CT molecular complexity index is 1790. The standard InChI is InChI=1S/C39H39N5O/c1-28(2)45-34-19-20-36-35(26-34)38(30-21-22-41-37(25-30)43-24-23-40-29(3)27-43)42-44(36)39(31-13-7-4-8-14-31,32-15-9-5-10-16-32)33-17-11-6-12-18-33/h4-22,25-26,28-29,40H,23-24,27H2,1-3H3. The first-order valence-corrected chi connectivity index (χ1v) is 15.9. The molecule has 0 spiro atoms. The third-order valence-corrected chi connectivity index (χ3v) is 8.63. The van der Waals surface area contributed by atoms with E-state index in [4.69, 9.17) is 14.8 Å². The molecule has 0 aliphatic carbocycles. The van der Waals surface area contributed by atoms with Crippen LogP contribution in [0.2, 0.25) is 0 Å². The van der Waals surface area contributed by atoms with Crippen LogP contribution in [0.15, 0.2) is 128 Å². The highest BCUT2D eigenvalue weighted by molar-refractivity contribution is 5.95. The van der Waals surface area contributed by atoms with E-state index in [0.29, 0.717) is 6.04 Å². The quantitative estimate of drug-likeness (QED) is 0.185. The number of anilines is 1. The van der Waals surface area contributed by atoms with Gasteiger partial charge in [0.2, 0.25) is 0 Å². The molecule has 3 heterocycles. The number of aromatic nitrogens is 3. The number of pyridine rings is 1. The van der Waals surface area contributed by atoms with Crippen molar-refractivity contribution in [2.75, 3.05) is 24.5 Å². The first kappa shape index (κ1) is 28.8. The molecule has 0 radical (unpaired) electrons. The fraction of sp³-hybridized carbons (Fsp3) is 0.231. The highest BCUT2D eigenvalue weighted by Gasteiger charge is 2.41. The van der Waals surface area contributed by atoms with Crippen molar-refractivity contribution in [3.63, 3.8) is 0 Å². The molecular formula is C39H39N5O. The summed E-state index contributed by atoms with van der Waals surface area (Å²) in [4.78, 5) is 7.16. The van der Waals surface area contributed by atoms with Gasteiger partial charge in [0.1, 0.15) is 22.8 Å². The van der Waals surface area contributed by atoms with Crippen molar-refractivity contribution in [2.45, 2.75) is 38.5 Å². The zero-order valence-electron chi connectivity index (χ0n) is 26.1. The van der Waals surface area contributed by atoms with E-state index in [9.17, 15) is 0 Å². The van der Waals surface area contributed by atoms with Gasteiger partial charge >= 0.3 is 0 Å². The molecule has 1 aliphatic heterocycles. The molecule has 2 aromatic heterocycles. The second-order valence-corrected chi connectivity index (χ2v) is 12.1. The van der Waals surface area contributed by atoms with E-state index < -0.39 is 5.54 Å². The van der Waals surface area contributed by atoms with Crippen molar-refractivity contribution in [2.24, 2.45) is 0 Å². The van der Waals surface area contributed by atoms with Gasteiger partial charge in [-0.1, -0.05) is 91.0 Å². The molecule has 1 aliphatic rings. The second kappa shape index (κ2) is 12.2. The predicted octanol–water partition coefficient (Wildman–Crippen LogP) is 7.52. The molecule has 45 heavy (non-hydrogen) atoms. The summed E-state index contributed by atoms with van der Waals surface area (Å²) >= 11 is 0. The maximum absolute atomic E-state index is 6.23. The lowest BCUT2D eigenvalue weighted by Crippen LogP contribution is -2.49. The average Bonchev–Trinajstić information content (AvgIpc) is 3.45. The molecule has 6 nitrogen and oxygen atoms in total. The predicted molar refractivity (Wildman–Crippen MR) is 183 cm³/mol. The lowest BCUT2D eigenvalue weighted by molar-refractivity contribution is 0.243. The number of benzene rings is 4. The molecule has 0 saturated carbocycles.